The molecular formula is C30H31N3O4S. The van der Waals surface area contributed by atoms with Gasteiger partial charge in [0.2, 0.25) is 0 Å². The molecule has 196 valence electrons. The van der Waals surface area contributed by atoms with Gasteiger partial charge >= 0.3 is 0 Å². The zero-order valence-electron chi connectivity index (χ0n) is 21.5. The molecule has 8 heteroatoms. The highest BCUT2D eigenvalue weighted by molar-refractivity contribution is 7.22. The summed E-state index contributed by atoms with van der Waals surface area (Å²) in [6, 6.07) is 16.7. The molecule has 4 aromatic rings. The van der Waals surface area contributed by atoms with Crippen molar-refractivity contribution in [3.05, 3.63) is 75.4 Å². The van der Waals surface area contributed by atoms with E-state index in [9.17, 15) is 14.4 Å². The Hall–Kier alpha value is -3.49. The number of methoxy groups -OCH3 is 1. The monoisotopic (exact) mass is 529 g/mol. The number of amides is 1. The number of rotatable bonds is 7. The number of ketones is 1. The average Bonchev–Trinajstić information content (AvgIpc) is 3.71. The van der Waals surface area contributed by atoms with Crippen LogP contribution in [0, 0.1) is 0 Å². The van der Waals surface area contributed by atoms with Crippen molar-refractivity contribution >= 4 is 44.0 Å². The van der Waals surface area contributed by atoms with Crippen LogP contribution in [-0.4, -0.2) is 65.4 Å². The summed E-state index contributed by atoms with van der Waals surface area (Å²) >= 11 is 1.33. The zero-order chi connectivity index (χ0) is 26.2. The van der Waals surface area contributed by atoms with Crippen molar-refractivity contribution in [2.75, 3.05) is 33.3 Å². The zero-order valence-corrected chi connectivity index (χ0v) is 22.3. The molecule has 0 N–H and O–H groups in total. The Bertz CT molecular complexity index is 1570. The molecule has 2 aromatic carbocycles. The second-order valence-electron chi connectivity index (χ2n) is 10.2. The molecular weight excluding hydrogens is 498 g/mol. The molecule has 4 heterocycles. The lowest BCUT2D eigenvalue weighted by Gasteiger charge is -2.28. The smallest absolute Gasteiger partial charge is 0.268 e. The lowest BCUT2D eigenvalue weighted by Crippen LogP contribution is -2.42. The molecule has 2 aliphatic rings. The number of nitrogens with zero attached hydrogens (tertiary/aromatic N) is 3. The molecule has 6 rings (SSSR count). The van der Waals surface area contributed by atoms with Crippen molar-refractivity contribution in [3.63, 3.8) is 0 Å². The molecule has 0 bridgehead atoms. The highest BCUT2D eigenvalue weighted by atomic mass is 32.1. The topological polar surface area (TPSA) is 71.8 Å². The summed E-state index contributed by atoms with van der Waals surface area (Å²) in [5.74, 6) is 0.100. The first-order valence-electron chi connectivity index (χ1n) is 13.3. The van der Waals surface area contributed by atoms with Crippen LogP contribution in [0.1, 0.15) is 45.7 Å². The predicted molar refractivity (Wildman–Crippen MR) is 151 cm³/mol. The molecule has 0 unspecified atom stereocenters. The lowest BCUT2D eigenvalue weighted by atomic mass is 10.1. The molecule has 0 saturated carbocycles. The summed E-state index contributed by atoms with van der Waals surface area (Å²) in [4.78, 5) is 45.9. The van der Waals surface area contributed by atoms with E-state index >= 15 is 0 Å². The maximum absolute atomic E-state index is 14.0. The Morgan fingerprint density at radius 1 is 0.974 bits per heavy atom. The first-order valence-corrected chi connectivity index (χ1v) is 14.1. The average molecular weight is 530 g/mol. The van der Waals surface area contributed by atoms with Gasteiger partial charge in [-0.15, -0.1) is 11.3 Å². The number of aromatic nitrogens is 1. The Labute approximate surface area is 225 Å². The molecule has 0 aliphatic carbocycles. The van der Waals surface area contributed by atoms with Gasteiger partial charge in [0, 0.05) is 30.1 Å². The van der Waals surface area contributed by atoms with Crippen LogP contribution < -0.4 is 10.3 Å². The predicted octanol–water partition coefficient (Wildman–Crippen LogP) is 4.81. The summed E-state index contributed by atoms with van der Waals surface area (Å²) in [6.07, 6.45) is 4.41. The normalized spacial score (nSPS) is 18.0. The number of likely N-dealkylation sites (tertiary alicyclic amines) is 2. The fourth-order valence-corrected chi connectivity index (χ4v) is 7.23. The fraction of sp³-hybridized carbons (Fsp3) is 0.367. The van der Waals surface area contributed by atoms with Crippen LogP contribution in [0.4, 0.5) is 0 Å². The summed E-state index contributed by atoms with van der Waals surface area (Å²) in [7, 11) is 1.51. The van der Waals surface area contributed by atoms with Gasteiger partial charge in [0.25, 0.3) is 11.5 Å². The molecule has 2 aromatic heterocycles. The highest BCUT2D eigenvalue weighted by Crippen LogP contribution is 2.41. The molecule has 2 saturated heterocycles. The number of benzene rings is 2. The van der Waals surface area contributed by atoms with Gasteiger partial charge in [-0.3, -0.25) is 19.0 Å². The van der Waals surface area contributed by atoms with E-state index in [1.54, 1.807) is 12.1 Å². The first-order chi connectivity index (χ1) is 18.6. The van der Waals surface area contributed by atoms with Gasteiger partial charge in [-0.1, -0.05) is 48.5 Å². The molecule has 2 fully saturated rings. The molecule has 38 heavy (non-hydrogen) atoms. The van der Waals surface area contributed by atoms with Gasteiger partial charge in [0.05, 0.1) is 23.9 Å². The van der Waals surface area contributed by atoms with Crippen molar-refractivity contribution in [2.45, 2.75) is 38.3 Å². The number of hydrogen-bond acceptors (Lipinski definition) is 6. The molecule has 0 spiro atoms. The van der Waals surface area contributed by atoms with Crippen LogP contribution in [0.25, 0.3) is 21.0 Å². The highest BCUT2D eigenvalue weighted by Gasteiger charge is 2.35. The van der Waals surface area contributed by atoms with Crippen molar-refractivity contribution in [2.24, 2.45) is 0 Å². The van der Waals surface area contributed by atoms with E-state index in [0.717, 1.165) is 42.6 Å². The maximum Gasteiger partial charge on any atom is 0.268 e. The standard InChI is InChI=1S/C30H31N3O4S/c1-37-26-25-27(38-28(26)30(36)32-17-9-12-21(32)18-31-15-7-8-16-31)22-13-5-6-14-23(22)33(29(25)35)19-24(34)20-10-3-2-4-11-20/h2-6,10-11,13-14,21H,7-9,12,15-19H2,1H3/t21-/m0/s1. The van der Waals surface area contributed by atoms with E-state index in [-0.39, 0.29) is 29.8 Å². The van der Waals surface area contributed by atoms with Crippen molar-refractivity contribution < 1.29 is 14.3 Å². The third-order valence-corrected chi connectivity index (χ3v) is 9.06. The second kappa shape index (κ2) is 10.3. The minimum absolute atomic E-state index is 0.0693. The van der Waals surface area contributed by atoms with Crippen molar-refractivity contribution in [1.82, 2.24) is 14.4 Å². The SMILES string of the molecule is COc1c(C(=O)N2CCC[C@H]2CN2CCCC2)sc2c1c(=O)n(CC(=O)c1ccccc1)c1ccccc21. The van der Waals surface area contributed by atoms with E-state index in [2.05, 4.69) is 4.90 Å². The number of fused-ring (bicyclic) bond motifs is 3. The van der Waals surface area contributed by atoms with Crippen LogP contribution in [-0.2, 0) is 6.54 Å². The van der Waals surface area contributed by atoms with Crippen LogP contribution in [0.15, 0.2) is 59.4 Å². The van der Waals surface area contributed by atoms with Crippen LogP contribution in [0.3, 0.4) is 0 Å². The number of thiophene rings is 1. The van der Waals surface area contributed by atoms with Crippen molar-refractivity contribution in [1.29, 1.82) is 0 Å². The van der Waals surface area contributed by atoms with Gasteiger partial charge in [0.15, 0.2) is 11.5 Å². The van der Waals surface area contributed by atoms with E-state index in [1.807, 2.05) is 47.4 Å². The van der Waals surface area contributed by atoms with Gasteiger partial charge in [-0.25, -0.2) is 0 Å². The van der Waals surface area contributed by atoms with E-state index in [1.165, 1.54) is 35.9 Å². The van der Waals surface area contributed by atoms with Gasteiger partial charge < -0.3 is 14.5 Å². The molecule has 2 aliphatic heterocycles. The molecule has 0 radical (unpaired) electrons. The fourth-order valence-electron chi connectivity index (χ4n) is 5.98. The summed E-state index contributed by atoms with van der Waals surface area (Å²) in [6.45, 7) is 3.71. The third-order valence-electron chi connectivity index (χ3n) is 7.86. The Kier molecular flexibility index (Phi) is 6.76. The number of hydrogen-bond donors (Lipinski definition) is 0. The molecule has 7 nitrogen and oxygen atoms in total. The number of pyridine rings is 1. The Morgan fingerprint density at radius 2 is 1.71 bits per heavy atom. The lowest BCUT2D eigenvalue weighted by molar-refractivity contribution is 0.0710. The molecule has 1 amide bonds. The van der Waals surface area contributed by atoms with Crippen LogP contribution in [0.2, 0.25) is 0 Å². The van der Waals surface area contributed by atoms with E-state index in [4.69, 9.17) is 4.74 Å². The largest absolute Gasteiger partial charge is 0.494 e. The van der Waals surface area contributed by atoms with Crippen LogP contribution in [0.5, 0.6) is 5.75 Å². The number of carbonyl (C=O) groups excluding carboxylic acids is 2. The number of carbonyl (C=O) groups is 2. The Morgan fingerprint density at radius 3 is 2.47 bits per heavy atom. The number of ether oxygens (including phenoxy) is 1. The quantitative estimate of drug-likeness (QED) is 0.322. The molecule has 1 atom stereocenters. The summed E-state index contributed by atoms with van der Waals surface area (Å²) in [5, 5.41) is 1.20. The van der Waals surface area contributed by atoms with Gasteiger partial charge in [-0.2, -0.15) is 0 Å². The second-order valence-corrected chi connectivity index (χ2v) is 11.2. The minimum Gasteiger partial charge on any atom is -0.494 e. The number of Topliss-reactive ketones (excluding diaryl/α,β-unsaturated/α-hetero) is 1. The minimum atomic E-state index is -0.315. The third kappa shape index (κ3) is 4.31. The Balaban J connectivity index is 1.44. The summed E-state index contributed by atoms with van der Waals surface area (Å²) in [5.41, 5.74) is 0.908. The van der Waals surface area contributed by atoms with Crippen LogP contribution >= 0.6 is 11.3 Å². The van der Waals surface area contributed by atoms with E-state index < -0.39 is 0 Å². The van der Waals surface area contributed by atoms with Gasteiger partial charge in [0.1, 0.15) is 10.3 Å². The van der Waals surface area contributed by atoms with E-state index in [0.29, 0.717) is 33.6 Å². The summed E-state index contributed by atoms with van der Waals surface area (Å²) < 4.78 is 8.02. The first kappa shape index (κ1) is 24.8. The van der Waals surface area contributed by atoms with Gasteiger partial charge in [-0.05, 0) is 44.8 Å². The van der Waals surface area contributed by atoms with Crippen molar-refractivity contribution in [3.8, 4) is 5.75 Å². The number of para-hydroxylation sites is 1. The maximum atomic E-state index is 14.0.